The van der Waals surface area contributed by atoms with Gasteiger partial charge in [-0.15, -0.1) is 0 Å². The standard InChI is InChI=1S/C13H12FN3O2/c1-8-5-9(3-4-11(8)14)17-12-10(13(18)19-2)6-15-7-16-12/h3-7H,1-2H3,(H,15,16,17). The van der Waals surface area contributed by atoms with Crippen molar-refractivity contribution in [1.82, 2.24) is 9.97 Å². The average molecular weight is 261 g/mol. The summed E-state index contributed by atoms with van der Waals surface area (Å²) in [7, 11) is 1.28. The van der Waals surface area contributed by atoms with E-state index < -0.39 is 5.97 Å². The third kappa shape index (κ3) is 2.85. The molecule has 1 heterocycles. The Morgan fingerprint density at radius 3 is 2.89 bits per heavy atom. The predicted octanol–water partition coefficient (Wildman–Crippen LogP) is 2.45. The van der Waals surface area contributed by atoms with Crippen LogP contribution >= 0.6 is 0 Å². The van der Waals surface area contributed by atoms with Gasteiger partial charge in [0.05, 0.1) is 7.11 Å². The van der Waals surface area contributed by atoms with Gasteiger partial charge in [0.25, 0.3) is 0 Å². The van der Waals surface area contributed by atoms with Crippen molar-refractivity contribution in [3.63, 3.8) is 0 Å². The lowest BCUT2D eigenvalue weighted by atomic mass is 10.2. The van der Waals surface area contributed by atoms with Gasteiger partial charge in [0.15, 0.2) is 0 Å². The molecule has 0 bridgehead atoms. The fraction of sp³-hybridized carbons (Fsp3) is 0.154. The van der Waals surface area contributed by atoms with Crippen molar-refractivity contribution in [3.05, 3.63) is 47.7 Å². The third-order valence-electron chi connectivity index (χ3n) is 2.54. The molecule has 0 radical (unpaired) electrons. The third-order valence-corrected chi connectivity index (χ3v) is 2.54. The number of aromatic nitrogens is 2. The highest BCUT2D eigenvalue weighted by molar-refractivity contribution is 5.94. The fourth-order valence-corrected chi connectivity index (χ4v) is 1.55. The Hall–Kier alpha value is -2.50. The number of hydrogen-bond acceptors (Lipinski definition) is 5. The van der Waals surface area contributed by atoms with Crippen molar-refractivity contribution in [2.24, 2.45) is 0 Å². The molecular formula is C13H12FN3O2. The second-order valence-corrected chi connectivity index (χ2v) is 3.87. The van der Waals surface area contributed by atoms with Gasteiger partial charge in [0, 0.05) is 11.9 Å². The van der Waals surface area contributed by atoms with Gasteiger partial charge in [0.2, 0.25) is 0 Å². The van der Waals surface area contributed by atoms with Crippen molar-refractivity contribution < 1.29 is 13.9 Å². The molecule has 2 aromatic rings. The van der Waals surface area contributed by atoms with Gasteiger partial charge >= 0.3 is 5.97 Å². The van der Waals surface area contributed by atoms with Crippen LogP contribution in [0, 0.1) is 12.7 Å². The van der Waals surface area contributed by atoms with Crippen molar-refractivity contribution in [3.8, 4) is 0 Å². The molecule has 0 saturated carbocycles. The molecule has 1 N–H and O–H groups in total. The van der Waals surface area contributed by atoms with Gasteiger partial charge in [-0.3, -0.25) is 0 Å². The highest BCUT2D eigenvalue weighted by atomic mass is 19.1. The van der Waals surface area contributed by atoms with Gasteiger partial charge in [0.1, 0.15) is 23.5 Å². The lowest BCUT2D eigenvalue weighted by molar-refractivity contribution is 0.0601. The molecule has 19 heavy (non-hydrogen) atoms. The first-order chi connectivity index (χ1) is 9.11. The van der Waals surface area contributed by atoms with Crippen LogP contribution in [0.25, 0.3) is 0 Å². The lowest BCUT2D eigenvalue weighted by Gasteiger charge is -2.09. The molecule has 1 aromatic carbocycles. The van der Waals surface area contributed by atoms with Crippen molar-refractivity contribution in [2.75, 3.05) is 12.4 Å². The molecular weight excluding hydrogens is 249 g/mol. The summed E-state index contributed by atoms with van der Waals surface area (Å²) in [5.41, 5.74) is 1.34. The number of rotatable bonds is 3. The summed E-state index contributed by atoms with van der Waals surface area (Å²) in [6, 6.07) is 4.53. The molecule has 0 fully saturated rings. The number of benzene rings is 1. The number of nitrogens with zero attached hydrogens (tertiary/aromatic N) is 2. The summed E-state index contributed by atoms with van der Waals surface area (Å²) in [5.74, 6) is -0.517. The van der Waals surface area contributed by atoms with Crippen LogP contribution in [0.3, 0.4) is 0 Å². The number of anilines is 2. The molecule has 0 aliphatic heterocycles. The number of hydrogen-bond donors (Lipinski definition) is 1. The Kier molecular flexibility index (Phi) is 3.70. The van der Waals surface area contributed by atoms with Gasteiger partial charge in [-0.25, -0.2) is 19.2 Å². The molecule has 1 aromatic heterocycles. The summed E-state index contributed by atoms with van der Waals surface area (Å²) in [5, 5.41) is 2.94. The molecule has 98 valence electrons. The first kappa shape index (κ1) is 12.9. The number of ether oxygens (including phenoxy) is 1. The molecule has 0 amide bonds. The van der Waals surface area contributed by atoms with E-state index in [1.807, 2.05) is 0 Å². The van der Waals surface area contributed by atoms with Gasteiger partial charge in [-0.2, -0.15) is 0 Å². The zero-order valence-corrected chi connectivity index (χ0v) is 10.5. The zero-order chi connectivity index (χ0) is 13.8. The second kappa shape index (κ2) is 5.43. The number of nitrogens with one attached hydrogen (secondary N) is 1. The molecule has 5 nitrogen and oxygen atoms in total. The van der Waals surface area contributed by atoms with E-state index in [-0.39, 0.29) is 11.4 Å². The summed E-state index contributed by atoms with van der Waals surface area (Å²) in [6.07, 6.45) is 2.67. The largest absolute Gasteiger partial charge is 0.465 e. The minimum atomic E-state index is -0.540. The number of esters is 1. The zero-order valence-electron chi connectivity index (χ0n) is 10.5. The monoisotopic (exact) mass is 261 g/mol. The number of aryl methyl sites for hydroxylation is 1. The van der Waals surface area contributed by atoms with Gasteiger partial charge in [-0.05, 0) is 30.7 Å². The minimum absolute atomic E-state index is 0.215. The maximum Gasteiger partial charge on any atom is 0.343 e. The number of halogens is 1. The molecule has 0 saturated heterocycles. The Morgan fingerprint density at radius 2 is 2.21 bits per heavy atom. The van der Waals surface area contributed by atoms with Crippen LogP contribution in [0.5, 0.6) is 0 Å². The highest BCUT2D eigenvalue weighted by Gasteiger charge is 2.13. The highest BCUT2D eigenvalue weighted by Crippen LogP contribution is 2.20. The van der Waals surface area contributed by atoms with E-state index in [1.54, 1.807) is 19.1 Å². The first-order valence-corrected chi connectivity index (χ1v) is 5.53. The van der Waals surface area contributed by atoms with Gasteiger partial charge < -0.3 is 10.1 Å². The van der Waals surface area contributed by atoms with Gasteiger partial charge in [-0.1, -0.05) is 0 Å². The average Bonchev–Trinajstić information content (AvgIpc) is 2.43. The second-order valence-electron chi connectivity index (χ2n) is 3.87. The van der Waals surface area contributed by atoms with Crippen LogP contribution in [0.4, 0.5) is 15.9 Å². The van der Waals surface area contributed by atoms with Crippen molar-refractivity contribution >= 4 is 17.5 Å². The number of methoxy groups -OCH3 is 1. The molecule has 0 spiro atoms. The number of carbonyl (C=O) groups excluding carboxylic acids is 1. The van der Waals surface area contributed by atoms with E-state index in [0.29, 0.717) is 17.1 Å². The molecule has 0 atom stereocenters. The van der Waals surface area contributed by atoms with Crippen LogP contribution in [-0.4, -0.2) is 23.0 Å². The Labute approximate surface area is 109 Å². The molecule has 0 unspecified atom stereocenters. The van der Waals surface area contributed by atoms with E-state index >= 15 is 0 Å². The summed E-state index contributed by atoms with van der Waals surface area (Å²) >= 11 is 0. The topological polar surface area (TPSA) is 64.1 Å². The van der Waals surface area contributed by atoms with Crippen molar-refractivity contribution in [1.29, 1.82) is 0 Å². The van der Waals surface area contributed by atoms with Crippen LogP contribution in [-0.2, 0) is 4.74 Å². The van der Waals surface area contributed by atoms with E-state index in [2.05, 4.69) is 20.0 Å². The Bertz CT molecular complexity index is 617. The fourth-order valence-electron chi connectivity index (χ4n) is 1.55. The quantitative estimate of drug-likeness (QED) is 0.860. The van der Waals surface area contributed by atoms with E-state index in [9.17, 15) is 9.18 Å². The molecule has 0 aliphatic carbocycles. The lowest BCUT2D eigenvalue weighted by Crippen LogP contribution is -2.08. The van der Waals surface area contributed by atoms with Crippen LogP contribution < -0.4 is 5.32 Å². The Morgan fingerprint density at radius 1 is 1.42 bits per heavy atom. The minimum Gasteiger partial charge on any atom is -0.465 e. The molecule has 6 heteroatoms. The predicted molar refractivity (Wildman–Crippen MR) is 67.8 cm³/mol. The molecule has 2 rings (SSSR count). The maximum absolute atomic E-state index is 13.2. The summed E-state index contributed by atoms with van der Waals surface area (Å²) in [6.45, 7) is 1.65. The number of carbonyl (C=O) groups is 1. The summed E-state index contributed by atoms with van der Waals surface area (Å²) in [4.78, 5) is 19.3. The van der Waals surface area contributed by atoms with E-state index in [4.69, 9.17) is 0 Å². The normalized spacial score (nSPS) is 10.1. The molecule has 0 aliphatic rings. The van der Waals surface area contributed by atoms with Crippen LogP contribution in [0.1, 0.15) is 15.9 Å². The maximum atomic E-state index is 13.2. The van der Waals surface area contributed by atoms with Crippen molar-refractivity contribution in [2.45, 2.75) is 6.92 Å². The summed E-state index contributed by atoms with van der Waals surface area (Å²) < 4.78 is 17.8. The first-order valence-electron chi connectivity index (χ1n) is 5.53. The van der Waals surface area contributed by atoms with E-state index in [1.165, 1.54) is 25.7 Å². The van der Waals surface area contributed by atoms with Crippen LogP contribution in [0.15, 0.2) is 30.7 Å². The van der Waals surface area contributed by atoms with E-state index in [0.717, 1.165) is 0 Å². The SMILES string of the molecule is COC(=O)c1cncnc1Nc1ccc(F)c(C)c1. The Balaban J connectivity index is 2.32. The van der Waals surface area contributed by atoms with Crippen LogP contribution in [0.2, 0.25) is 0 Å². The smallest absolute Gasteiger partial charge is 0.343 e.